The maximum atomic E-state index is 14.4. The van der Waals surface area contributed by atoms with Crippen molar-refractivity contribution in [1.82, 2.24) is 5.32 Å². The second kappa shape index (κ2) is 11.2. The van der Waals surface area contributed by atoms with E-state index in [2.05, 4.69) is 5.32 Å². The van der Waals surface area contributed by atoms with Crippen LogP contribution in [0.3, 0.4) is 0 Å². The Morgan fingerprint density at radius 3 is 2.36 bits per heavy atom. The first-order chi connectivity index (χ1) is 18.6. The molecule has 1 aliphatic carbocycles. The highest BCUT2D eigenvalue weighted by atomic mass is 16.7. The summed E-state index contributed by atoms with van der Waals surface area (Å²) in [6, 6.07) is 9.47. The molecule has 1 heterocycles. The lowest BCUT2D eigenvalue weighted by molar-refractivity contribution is -0.385. The van der Waals surface area contributed by atoms with Crippen LogP contribution in [-0.4, -0.2) is 22.6 Å². The number of nitrogens with zero attached hydrogens (tertiary/aromatic N) is 1. The van der Waals surface area contributed by atoms with E-state index in [1.165, 1.54) is 18.2 Å². The molecule has 0 aromatic heterocycles. The van der Waals surface area contributed by atoms with Crippen molar-refractivity contribution in [2.45, 2.75) is 96.3 Å². The first-order valence-corrected chi connectivity index (χ1v) is 13.8. The lowest BCUT2D eigenvalue weighted by Gasteiger charge is -2.37. The average Bonchev–Trinajstić information content (AvgIpc) is 3.27. The van der Waals surface area contributed by atoms with Gasteiger partial charge in [-0.3, -0.25) is 24.5 Å². The maximum absolute atomic E-state index is 14.4. The van der Waals surface area contributed by atoms with Crippen LogP contribution in [0.15, 0.2) is 36.4 Å². The van der Waals surface area contributed by atoms with Gasteiger partial charge in [-0.15, -0.1) is 0 Å². The molecule has 39 heavy (non-hydrogen) atoms. The number of hydrogen-bond donors (Lipinski definition) is 1. The average molecular weight is 537 g/mol. The predicted molar refractivity (Wildman–Crippen MR) is 144 cm³/mol. The smallest absolute Gasteiger partial charge is 0.317 e. The van der Waals surface area contributed by atoms with Crippen LogP contribution >= 0.6 is 0 Å². The Balaban J connectivity index is 1.94. The van der Waals surface area contributed by atoms with E-state index in [4.69, 9.17) is 9.47 Å². The van der Waals surface area contributed by atoms with Gasteiger partial charge in [0.2, 0.25) is 17.2 Å². The number of nitrogens with one attached hydrogen (secondary N) is 1. The van der Waals surface area contributed by atoms with E-state index in [1.54, 1.807) is 12.1 Å². The lowest BCUT2D eigenvalue weighted by Crippen LogP contribution is -2.61. The molecule has 208 valence electrons. The summed E-state index contributed by atoms with van der Waals surface area (Å²) in [5, 5.41) is 14.9. The fourth-order valence-electron chi connectivity index (χ4n) is 5.52. The molecule has 2 aromatic carbocycles. The van der Waals surface area contributed by atoms with E-state index in [0.717, 1.165) is 31.2 Å². The minimum absolute atomic E-state index is 0.0571. The third kappa shape index (κ3) is 4.68. The Labute approximate surface area is 228 Å². The molecule has 0 bridgehead atoms. The molecule has 0 saturated heterocycles. The van der Waals surface area contributed by atoms with Gasteiger partial charge in [0.15, 0.2) is 0 Å². The fourth-order valence-corrected chi connectivity index (χ4v) is 5.52. The van der Waals surface area contributed by atoms with Crippen LogP contribution in [0.1, 0.15) is 112 Å². The number of fused-ring (bicyclic) bond motifs is 5. The van der Waals surface area contributed by atoms with Crippen molar-refractivity contribution in [2.24, 2.45) is 0 Å². The van der Waals surface area contributed by atoms with Crippen molar-refractivity contribution < 1.29 is 28.8 Å². The topological polar surface area (TPSA) is 125 Å². The highest BCUT2D eigenvalue weighted by Gasteiger charge is 2.76. The van der Waals surface area contributed by atoms with Gasteiger partial charge in [0, 0.05) is 24.5 Å². The summed E-state index contributed by atoms with van der Waals surface area (Å²) >= 11 is 0. The molecule has 9 heteroatoms. The molecule has 1 amide bonds. The number of nitro groups is 1. The van der Waals surface area contributed by atoms with E-state index in [9.17, 15) is 24.5 Å². The van der Waals surface area contributed by atoms with Crippen LogP contribution < -0.4 is 10.1 Å². The van der Waals surface area contributed by atoms with Gasteiger partial charge in [-0.1, -0.05) is 71.6 Å². The number of esters is 1. The molecule has 2 atom stereocenters. The molecular formula is C30H36N2O7. The van der Waals surface area contributed by atoms with E-state index in [0.29, 0.717) is 24.2 Å². The molecule has 4 rings (SSSR count). The number of amides is 1. The van der Waals surface area contributed by atoms with Crippen molar-refractivity contribution in [3.8, 4) is 5.75 Å². The van der Waals surface area contributed by atoms with Crippen molar-refractivity contribution in [3.63, 3.8) is 0 Å². The van der Waals surface area contributed by atoms with E-state index in [-0.39, 0.29) is 29.9 Å². The van der Waals surface area contributed by atoms with Gasteiger partial charge in [-0.05, 0) is 36.5 Å². The quantitative estimate of drug-likeness (QED) is 0.149. The molecule has 0 saturated carbocycles. The number of nitro benzene ring substituents is 1. The standard InChI is InChI=1S/C30H36N2O7/c1-5-7-9-14-25(33)31-29-21-17-16-20(19(3)4)18-24(21)38-30(29,39-26(34)15-10-8-6-2)22-12-11-13-23(32(36)37)27(22)28(29)35/h11-13,16-19H,5-10,14-15H2,1-4H3,(H,31,33). The predicted octanol–water partition coefficient (Wildman–Crippen LogP) is 6.18. The van der Waals surface area contributed by atoms with Gasteiger partial charge in [0.05, 0.1) is 10.5 Å². The van der Waals surface area contributed by atoms with Gasteiger partial charge in [0.25, 0.3) is 5.69 Å². The summed E-state index contributed by atoms with van der Waals surface area (Å²) < 4.78 is 12.5. The normalized spacial score (nSPS) is 20.7. The summed E-state index contributed by atoms with van der Waals surface area (Å²) in [4.78, 5) is 52.4. The first kappa shape index (κ1) is 28.3. The Kier molecular flexibility index (Phi) is 8.09. The summed E-state index contributed by atoms with van der Waals surface area (Å²) in [5.41, 5.74) is -1.37. The summed E-state index contributed by atoms with van der Waals surface area (Å²) in [6.07, 6.45) is 4.81. The molecule has 0 spiro atoms. The van der Waals surface area contributed by atoms with Crippen LogP contribution in [0.25, 0.3) is 0 Å². The summed E-state index contributed by atoms with van der Waals surface area (Å²) in [5.74, 6) is -3.46. The third-order valence-electron chi connectivity index (χ3n) is 7.56. The van der Waals surface area contributed by atoms with Crippen molar-refractivity contribution in [3.05, 3.63) is 68.8 Å². The monoisotopic (exact) mass is 536 g/mol. The SMILES string of the molecule is CCCCCC(=O)NC12C(=O)c3c([N+](=O)[O-])cccc3C1(OC(=O)CCCCC)Oc1cc(C(C)C)ccc12. The lowest BCUT2D eigenvalue weighted by atomic mass is 9.81. The number of carbonyl (C=O) groups excluding carboxylic acids is 3. The molecular weight excluding hydrogens is 500 g/mol. The zero-order valence-electron chi connectivity index (χ0n) is 23.0. The zero-order chi connectivity index (χ0) is 28.4. The minimum atomic E-state index is -2.12. The molecule has 2 aliphatic rings. The van der Waals surface area contributed by atoms with Gasteiger partial charge < -0.3 is 14.8 Å². The third-order valence-corrected chi connectivity index (χ3v) is 7.56. The number of Topliss-reactive ketones (excluding diaryl/α,β-unsaturated/α-hetero) is 1. The number of hydrogen-bond acceptors (Lipinski definition) is 7. The minimum Gasteiger partial charge on any atom is -0.445 e. The Morgan fingerprint density at radius 1 is 1.03 bits per heavy atom. The molecule has 2 aromatic rings. The van der Waals surface area contributed by atoms with Crippen LogP contribution in [0.2, 0.25) is 0 Å². The molecule has 0 radical (unpaired) electrons. The van der Waals surface area contributed by atoms with Crippen molar-refractivity contribution >= 4 is 23.3 Å². The fraction of sp³-hybridized carbons (Fsp3) is 0.500. The number of ether oxygens (including phenoxy) is 2. The molecule has 0 fully saturated rings. The second-order valence-corrected chi connectivity index (χ2v) is 10.6. The van der Waals surface area contributed by atoms with Crippen LogP contribution in [0.5, 0.6) is 5.75 Å². The van der Waals surface area contributed by atoms with Crippen molar-refractivity contribution in [1.29, 1.82) is 0 Å². The highest BCUT2D eigenvalue weighted by Crippen LogP contribution is 2.61. The number of ketones is 1. The van der Waals surface area contributed by atoms with Crippen LogP contribution in [0.4, 0.5) is 5.69 Å². The number of carbonyl (C=O) groups is 3. The van der Waals surface area contributed by atoms with Crippen LogP contribution in [0, 0.1) is 10.1 Å². The number of rotatable bonds is 12. The number of benzene rings is 2. The Hall–Kier alpha value is -3.75. The largest absolute Gasteiger partial charge is 0.445 e. The van der Waals surface area contributed by atoms with Gasteiger partial charge in [-0.25, -0.2) is 0 Å². The van der Waals surface area contributed by atoms with Crippen molar-refractivity contribution in [2.75, 3.05) is 0 Å². The zero-order valence-corrected chi connectivity index (χ0v) is 23.0. The first-order valence-electron chi connectivity index (χ1n) is 13.8. The highest BCUT2D eigenvalue weighted by molar-refractivity contribution is 6.15. The summed E-state index contributed by atoms with van der Waals surface area (Å²) in [6.45, 7) is 8.05. The summed E-state index contributed by atoms with van der Waals surface area (Å²) in [7, 11) is 0. The van der Waals surface area contributed by atoms with E-state index >= 15 is 0 Å². The van der Waals surface area contributed by atoms with Crippen LogP contribution in [-0.2, 0) is 25.7 Å². The van der Waals surface area contributed by atoms with Gasteiger partial charge in [0.1, 0.15) is 11.3 Å². The number of unbranched alkanes of at least 4 members (excludes halogenated alkanes) is 4. The van der Waals surface area contributed by atoms with E-state index < -0.39 is 39.6 Å². The molecule has 2 unspecified atom stereocenters. The molecule has 9 nitrogen and oxygen atoms in total. The van der Waals surface area contributed by atoms with Gasteiger partial charge >= 0.3 is 11.8 Å². The molecule has 1 aliphatic heterocycles. The second-order valence-electron chi connectivity index (χ2n) is 10.6. The van der Waals surface area contributed by atoms with Gasteiger partial charge in [-0.2, -0.15) is 0 Å². The molecule has 1 N–H and O–H groups in total. The maximum Gasteiger partial charge on any atom is 0.317 e. The van der Waals surface area contributed by atoms with E-state index in [1.807, 2.05) is 33.8 Å². The Bertz CT molecular complexity index is 1300. The Morgan fingerprint density at radius 2 is 1.72 bits per heavy atom.